The lowest BCUT2D eigenvalue weighted by atomic mass is 10.0. The summed E-state index contributed by atoms with van der Waals surface area (Å²) in [6.45, 7) is 4.91. The number of likely N-dealkylation sites (tertiary alicyclic amines) is 1. The second kappa shape index (κ2) is 7.77. The average molecular weight is 275 g/mol. The topological polar surface area (TPSA) is 18.5 Å². The molecule has 1 fully saturated rings. The normalized spacial score (nSPS) is 21.5. The van der Waals surface area contributed by atoms with Crippen molar-refractivity contribution in [3.8, 4) is 0 Å². The highest BCUT2D eigenvalue weighted by atomic mass is 15.1. The van der Waals surface area contributed by atoms with Crippen molar-refractivity contribution in [2.45, 2.75) is 18.9 Å². The minimum absolute atomic E-state index is 0.463. The van der Waals surface area contributed by atoms with Crippen molar-refractivity contribution in [2.24, 2.45) is 5.92 Å². The number of nitrogens with one attached hydrogen (secondary N) is 1. The van der Waals surface area contributed by atoms with Crippen LogP contribution in [0.3, 0.4) is 0 Å². The van der Waals surface area contributed by atoms with Gasteiger partial charge in [0.25, 0.3) is 0 Å². The maximum atomic E-state index is 3.44. The zero-order valence-corrected chi connectivity index (χ0v) is 13.2. The predicted molar refractivity (Wildman–Crippen MR) is 86.0 cm³/mol. The molecule has 3 heteroatoms. The molecule has 20 heavy (non-hydrogen) atoms. The van der Waals surface area contributed by atoms with Gasteiger partial charge in [0.1, 0.15) is 0 Å². The molecule has 3 nitrogen and oxygen atoms in total. The number of rotatable bonds is 7. The molecule has 0 spiro atoms. The monoisotopic (exact) mass is 275 g/mol. The first-order valence-electron chi connectivity index (χ1n) is 7.78. The lowest BCUT2D eigenvalue weighted by Crippen LogP contribution is -2.30. The maximum absolute atomic E-state index is 3.44. The summed E-state index contributed by atoms with van der Waals surface area (Å²) in [5.74, 6) is 0.856. The molecule has 1 aromatic carbocycles. The summed E-state index contributed by atoms with van der Waals surface area (Å²) in [4.78, 5) is 4.94. The molecule has 0 amide bonds. The minimum Gasteiger partial charge on any atom is -0.313 e. The largest absolute Gasteiger partial charge is 0.313 e. The fourth-order valence-corrected chi connectivity index (χ4v) is 3.22. The maximum Gasteiger partial charge on any atom is 0.0329 e. The Morgan fingerprint density at radius 1 is 1.35 bits per heavy atom. The van der Waals surface area contributed by atoms with Crippen molar-refractivity contribution in [3.63, 3.8) is 0 Å². The molecule has 0 aliphatic carbocycles. The minimum atomic E-state index is 0.463. The first-order valence-corrected chi connectivity index (χ1v) is 7.78. The van der Waals surface area contributed by atoms with E-state index in [1.807, 2.05) is 0 Å². The van der Waals surface area contributed by atoms with E-state index in [4.69, 9.17) is 0 Å². The van der Waals surface area contributed by atoms with Crippen LogP contribution in [-0.2, 0) is 0 Å². The van der Waals surface area contributed by atoms with Gasteiger partial charge >= 0.3 is 0 Å². The summed E-state index contributed by atoms with van der Waals surface area (Å²) in [5, 5.41) is 3.44. The van der Waals surface area contributed by atoms with Crippen LogP contribution in [0.5, 0.6) is 0 Å². The van der Waals surface area contributed by atoms with Crippen molar-refractivity contribution < 1.29 is 0 Å². The zero-order valence-electron chi connectivity index (χ0n) is 13.2. The van der Waals surface area contributed by atoms with E-state index in [1.54, 1.807) is 0 Å². The van der Waals surface area contributed by atoms with Crippen LogP contribution in [-0.4, -0.2) is 57.1 Å². The quantitative estimate of drug-likeness (QED) is 0.823. The van der Waals surface area contributed by atoms with Gasteiger partial charge in [-0.05, 0) is 58.6 Å². The number of hydrogen-bond donors (Lipinski definition) is 1. The van der Waals surface area contributed by atoms with Crippen LogP contribution < -0.4 is 5.32 Å². The summed E-state index contributed by atoms with van der Waals surface area (Å²) < 4.78 is 0. The molecule has 2 rings (SSSR count). The highest BCUT2D eigenvalue weighted by molar-refractivity contribution is 5.18. The van der Waals surface area contributed by atoms with Crippen LogP contribution in [0.4, 0.5) is 0 Å². The number of hydrogen-bond acceptors (Lipinski definition) is 3. The van der Waals surface area contributed by atoms with Crippen LogP contribution in [0.25, 0.3) is 0 Å². The van der Waals surface area contributed by atoms with Gasteiger partial charge in [-0.25, -0.2) is 0 Å². The van der Waals surface area contributed by atoms with Crippen LogP contribution in [0.2, 0.25) is 0 Å². The summed E-state index contributed by atoms with van der Waals surface area (Å²) in [6, 6.07) is 11.2. The highest BCUT2D eigenvalue weighted by Gasteiger charge is 2.21. The van der Waals surface area contributed by atoms with Crippen LogP contribution in [0, 0.1) is 5.92 Å². The summed E-state index contributed by atoms with van der Waals surface area (Å²) >= 11 is 0. The average Bonchev–Trinajstić information content (AvgIpc) is 2.86. The summed E-state index contributed by atoms with van der Waals surface area (Å²) in [5.41, 5.74) is 1.39. The smallest absolute Gasteiger partial charge is 0.0329 e. The molecule has 1 N–H and O–H groups in total. The predicted octanol–water partition coefficient (Wildman–Crippen LogP) is 2.22. The van der Waals surface area contributed by atoms with Gasteiger partial charge < -0.3 is 15.1 Å². The SMILES string of the molecule is CNC(CCN(C)CC1CCN(C)C1)c1ccccc1. The molecule has 2 atom stereocenters. The third-order valence-corrected chi connectivity index (χ3v) is 4.41. The molecule has 2 unspecified atom stereocenters. The highest BCUT2D eigenvalue weighted by Crippen LogP contribution is 2.18. The van der Waals surface area contributed by atoms with E-state index in [9.17, 15) is 0 Å². The molecule has 1 aliphatic heterocycles. The molecule has 1 aromatic rings. The van der Waals surface area contributed by atoms with Gasteiger partial charge in [0.2, 0.25) is 0 Å². The van der Waals surface area contributed by atoms with E-state index in [-0.39, 0.29) is 0 Å². The molecule has 0 aromatic heterocycles. The third kappa shape index (κ3) is 4.58. The zero-order chi connectivity index (χ0) is 14.4. The van der Waals surface area contributed by atoms with Gasteiger partial charge in [-0.3, -0.25) is 0 Å². The summed E-state index contributed by atoms with van der Waals surface area (Å²) in [7, 11) is 6.55. The Labute approximate surface area is 124 Å². The van der Waals surface area contributed by atoms with E-state index < -0.39 is 0 Å². The Hall–Kier alpha value is -0.900. The van der Waals surface area contributed by atoms with Crippen molar-refractivity contribution in [3.05, 3.63) is 35.9 Å². The molecule has 112 valence electrons. The Kier molecular flexibility index (Phi) is 6.02. The Morgan fingerprint density at radius 3 is 2.70 bits per heavy atom. The van der Waals surface area contributed by atoms with E-state index in [2.05, 4.69) is 66.6 Å². The Morgan fingerprint density at radius 2 is 2.10 bits per heavy atom. The molecule has 0 bridgehead atoms. The van der Waals surface area contributed by atoms with E-state index in [1.165, 1.54) is 38.0 Å². The van der Waals surface area contributed by atoms with E-state index in [0.29, 0.717) is 6.04 Å². The second-order valence-corrected chi connectivity index (χ2v) is 6.22. The van der Waals surface area contributed by atoms with Gasteiger partial charge in [0, 0.05) is 19.1 Å². The first kappa shape index (κ1) is 15.5. The van der Waals surface area contributed by atoms with Crippen molar-refractivity contribution in [1.29, 1.82) is 0 Å². The molecule has 1 aliphatic rings. The van der Waals surface area contributed by atoms with E-state index >= 15 is 0 Å². The van der Waals surface area contributed by atoms with Crippen LogP contribution in [0.15, 0.2) is 30.3 Å². The molecular formula is C17H29N3. The fraction of sp³-hybridized carbons (Fsp3) is 0.647. The van der Waals surface area contributed by atoms with Crippen molar-refractivity contribution in [2.75, 3.05) is 47.3 Å². The van der Waals surface area contributed by atoms with E-state index in [0.717, 1.165) is 12.5 Å². The van der Waals surface area contributed by atoms with Gasteiger partial charge in [-0.15, -0.1) is 0 Å². The number of nitrogens with zero attached hydrogens (tertiary/aromatic N) is 2. The molecule has 0 saturated carbocycles. The van der Waals surface area contributed by atoms with Crippen LogP contribution >= 0.6 is 0 Å². The standard InChI is InChI=1S/C17H29N3/c1-18-17(16-7-5-4-6-8-16)10-12-20(3)14-15-9-11-19(2)13-15/h4-8,15,17-18H,9-14H2,1-3H3. The lowest BCUT2D eigenvalue weighted by molar-refractivity contribution is 0.261. The Balaban J connectivity index is 1.75. The molecule has 0 radical (unpaired) electrons. The Bertz CT molecular complexity index is 379. The van der Waals surface area contributed by atoms with Crippen molar-refractivity contribution in [1.82, 2.24) is 15.1 Å². The summed E-state index contributed by atoms with van der Waals surface area (Å²) in [6.07, 6.45) is 2.52. The van der Waals surface area contributed by atoms with Gasteiger partial charge in [0.05, 0.1) is 0 Å². The second-order valence-electron chi connectivity index (χ2n) is 6.22. The molecule has 1 heterocycles. The molecular weight excluding hydrogens is 246 g/mol. The van der Waals surface area contributed by atoms with Crippen molar-refractivity contribution >= 4 is 0 Å². The molecule has 1 saturated heterocycles. The van der Waals surface area contributed by atoms with Gasteiger partial charge in [0.15, 0.2) is 0 Å². The third-order valence-electron chi connectivity index (χ3n) is 4.41. The first-order chi connectivity index (χ1) is 9.69. The lowest BCUT2D eigenvalue weighted by Gasteiger charge is -2.24. The van der Waals surface area contributed by atoms with Gasteiger partial charge in [-0.2, -0.15) is 0 Å². The van der Waals surface area contributed by atoms with Gasteiger partial charge in [-0.1, -0.05) is 30.3 Å². The fourth-order valence-electron chi connectivity index (χ4n) is 3.22. The van der Waals surface area contributed by atoms with Crippen LogP contribution in [0.1, 0.15) is 24.4 Å². The number of benzene rings is 1.